The Hall–Kier alpha value is -4.45. The summed E-state index contributed by atoms with van der Waals surface area (Å²) in [5.41, 5.74) is 0. The molecule has 0 rings (SSSR count). The smallest absolute Gasteiger partial charge is 0.306 e. The Balaban J connectivity index is 4.40. The van der Waals surface area contributed by atoms with E-state index in [9.17, 15) is 14.4 Å². The number of rotatable bonds is 48. The standard InChI is InChI=1S/C63H100O6/c1-4-7-10-13-16-19-21-23-25-27-28-29-30-31-32-33-34-36-37-39-41-44-47-50-53-56-62(65)68-59-60(58-67-61(64)55-52-49-46-43-18-15-12-9-6-3)69-63(66)57-54-51-48-45-42-40-38-35-26-24-22-20-17-14-11-8-5-2/h7-8,10-11,16-17,19-20,23-26,28-29,31-32,34,36,38,40,45,48,60H,4-6,9,12-15,18,21-22,27,30,33,35,37,39,41-44,46-47,49-59H2,1-3H3/b10-7-,11-8-,19-16-,20-17-,25-23-,26-24-,29-28-,32-31-,36-34-,40-38-,48-45-. The summed E-state index contributed by atoms with van der Waals surface area (Å²) in [5.74, 6) is -0.992. The second kappa shape index (κ2) is 56.1. The molecule has 388 valence electrons. The highest BCUT2D eigenvalue weighted by molar-refractivity contribution is 5.71. The van der Waals surface area contributed by atoms with Crippen LogP contribution >= 0.6 is 0 Å². The van der Waals surface area contributed by atoms with Crippen molar-refractivity contribution in [2.24, 2.45) is 0 Å². The fraction of sp³-hybridized carbons (Fsp3) is 0.603. The summed E-state index contributed by atoms with van der Waals surface area (Å²) in [6, 6.07) is 0. The number of hydrogen-bond donors (Lipinski definition) is 0. The molecule has 0 bridgehead atoms. The van der Waals surface area contributed by atoms with Gasteiger partial charge in [-0.1, -0.05) is 231 Å². The Morgan fingerprint density at radius 1 is 0.304 bits per heavy atom. The summed E-state index contributed by atoms with van der Waals surface area (Å²) >= 11 is 0. The van der Waals surface area contributed by atoms with Gasteiger partial charge in [-0.2, -0.15) is 0 Å². The third-order valence-corrected chi connectivity index (χ3v) is 11.2. The van der Waals surface area contributed by atoms with Crippen molar-refractivity contribution in [3.8, 4) is 0 Å². The van der Waals surface area contributed by atoms with Crippen molar-refractivity contribution in [1.82, 2.24) is 0 Å². The number of ether oxygens (including phenoxy) is 3. The SMILES string of the molecule is CC/C=C\C/C=C\C/C=C\C/C=C\C/C=C\C/C=C\CCCCCCCCC(=O)OCC(COC(=O)CCCCCCCCCCC)OC(=O)CCC/C=C\C/C=C\C/C=C\C/C=C\C/C=C\CC. The molecule has 0 fully saturated rings. The molecule has 0 heterocycles. The van der Waals surface area contributed by atoms with E-state index in [2.05, 4.69) is 154 Å². The van der Waals surface area contributed by atoms with Crippen LogP contribution in [0.25, 0.3) is 0 Å². The first-order valence-corrected chi connectivity index (χ1v) is 27.7. The maximum absolute atomic E-state index is 12.8. The summed E-state index contributed by atoms with van der Waals surface area (Å²) in [5, 5.41) is 0. The maximum atomic E-state index is 12.8. The van der Waals surface area contributed by atoms with Crippen LogP contribution in [0.2, 0.25) is 0 Å². The number of hydrogen-bond acceptors (Lipinski definition) is 6. The molecule has 1 atom stereocenters. The lowest BCUT2D eigenvalue weighted by molar-refractivity contribution is -0.167. The number of carbonyl (C=O) groups excluding carboxylic acids is 3. The predicted molar refractivity (Wildman–Crippen MR) is 297 cm³/mol. The van der Waals surface area contributed by atoms with Crippen LogP contribution in [0.3, 0.4) is 0 Å². The minimum atomic E-state index is -0.816. The lowest BCUT2D eigenvalue weighted by atomic mass is 10.1. The number of carbonyl (C=O) groups is 3. The van der Waals surface area contributed by atoms with Gasteiger partial charge in [0.15, 0.2) is 6.10 Å². The van der Waals surface area contributed by atoms with Gasteiger partial charge < -0.3 is 14.2 Å². The van der Waals surface area contributed by atoms with Crippen molar-refractivity contribution in [2.75, 3.05) is 13.2 Å². The van der Waals surface area contributed by atoms with Crippen molar-refractivity contribution in [1.29, 1.82) is 0 Å². The minimum Gasteiger partial charge on any atom is -0.462 e. The third-order valence-electron chi connectivity index (χ3n) is 11.2. The van der Waals surface area contributed by atoms with E-state index in [1.54, 1.807) is 0 Å². The Kier molecular flexibility index (Phi) is 52.5. The molecule has 6 heteroatoms. The fourth-order valence-corrected chi connectivity index (χ4v) is 7.07. The van der Waals surface area contributed by atoms with Crippen molar-refractivity contribution in [2.45, 2.75) is 232 Å². The lowest BCUT2D eigenvalue weighted by Crippen LogP contribution is -2.30. The van der Waals surface area contributed by atoms with Crippen LogP contribution in [0.15, 0.2) is 134 Å². The van der Waals surface area contributed by atoms with Crippen molar-refractivity contribution in [3.63, 3.8) is 0 Å². The van der Waals surface area contributed by atoms with Gasteiger partial charge in [0, 0.05) is 19.3 Å². The lowest BCUT2D eigenvalue weighted by Gasteiger charge is -2.18. The second-order valence-corrected chi connectivity index (χ2v) is 17.7. The predicted octanol–water partition coefficient (Wildman–Crippen LogP) is 18.6. The van der Waals surface area contributed by atoms with Crippen LogP contribution in [0, 0.1) is 0 Å². The van der Waals surface area contributed by atoms with Gasteiger partial charge in [0.1, 0.15) is 13.2 Å². The van der Waals surface area contributed by atoms with E-state index in [1.165, 1.54) is 51.4 Å². The van der Waals surface area contributed by atoms with E-state index in [0.29, 0.717) is 19.3 Å². The maximum Gasteiger partial charge on any atom is 0.306 e. The number of unbranched alkanes of at least 4 members (excludes halogenated alkanes) is 15. The van der Waals surface area contributed by atoms with Gasteiger partial charge >= 0.3 is 17.9 Å². The van der Waals surface area contributed by atoms with E-state index in [1.807, 2.05) is 0 Å². The molecular weight excluding hydrogens is 853 g/mol. The van der Waals surface area contributed by atoms with Crippen molar-refractivity contribution >= 4 is 17.9 Å². The largest absolute Gasteiger partial charge is 0.462 e. The van der Waals surface area contributed by atoms with Gasteiger partial charge in [0.05, 0.1) is 0 Å². The van der Waals surface area contributed by atoms with E-state index in [4.69, 9.17) is 14.2 Å². The first kappa shape index (κ1) is 64.5. The van der Waals surface area contributed by atoms with Gasteiger partial charge in [0.25, 0.3) is 0 Å². The monoisotopic (exact) mass is 953 g/mol. The molecule has 1 unspecified atom stereocenters. The summed E-state index contributed by atoms with van der Waals surface area (Å²) in [7, 11) is 0. The molecular formula is C63H100O6. The molecule has 0 radical (unpaired) electrons. The van der Waals surface area contributed by atoms with Gasteiger partial charge in [-0.15, -0.1) is 0 Å². The van der Waals surface area contributed by atoms with Gasteiger partial charge in [-0.25, -0.2) is 0 Å². The first-order chi connectivity index (χ1) is 34.0. The van der Waals surface area contributed by atoms with Crippen LogP contribution in [-0.4, -0.2) is 37.2 Å². The van der Waals surface area contributed by atoms with Gasteiger partial charge in [-0.05, 0) is 109 Å². The van der Waals surface area contributed by atoms with E-state index in [-0.39, 0.29) is 37.5 Å². The number of esters is 3. The molecule has 6 nitrogen and oxygen atoms in total. The fourth-order valence-electron chi connectivity index (χ4n) is 7.07. The Morgan fingerprint density at radius 2 is 0.580 bits per heavy atom. The summed E-state index contributed by atoms with van der Waals surface area (Å²) in [4.78, 5) is 38.0. The molecule has 0 aromatic heterocycles. The molecule has 0 saturated heterocycles. The van der Waals surface area contributed by atoms with Crippen LogP contribution in [-0.2, 0) is 28.6 Å². The van der Waals surface area contributed by atoms with E-state index < -0.39 is 6.10 Å². The Bertz CT molecular complexity index is 1510. The highest BCUT2D eigenvalue weighted by Gasteiger charge is 2.19. The molecule has 0 aliphatic carbocycles. The molecule has 0 amide bonds. The summed E-state index contributed by atoms with van der Waals surface area (Å²) in [6.45, 7) is 6.31. The third kappa shape index (κ3) is 54.4. The first-order valence-electron chi connectivity index (χ1n) is 27.7. The Labute approximate surface area is 424 Å². The topological polar surface area (TPSA) is 78.9 Å². The van der Waals surface area contributed by atoms with E-state index >= 15 is 0 Å². The average Bonchev–Trinajstić information content (AvgIpc) is 3.35. The van der Waals surface area contributed by atoms with Crippen LogP contribution < -0.4 is 0 Å². The molecule has 0 aromatic carbocycles. The summed E-state index contributed by atoms with van der Waals surface area (Å²) in [6.07, 6.45) is 78.8. The molecule has 0 saturated carbocycles. The zero-order chi connectivity index (χ0) is 50.0. The Morgan fingerprint density at radius 3 is 0.928 bits per heavy atom. The quantitative estimate of drug-likeness (QED) is 0.0262. The van der Waals surface area contributed by atoms with E-state index in [0.717, 1.165) is 128 Å². The normalized spacial score (nSPS) is 13.1. The molecule has 0 aromatic rings. The highest BCUT2D eigenvalue weighted by atomic mass is 16.6. The summed E-state index contributed by atoms with van der Waals surface area (Å²) < 4.78 is 16.7. The molecule has 0 spiro atoms. The molecule has 69 heavy (non-hydrogen) atoms. The van der Waals surface area contributed by atoms with Crippen LogP contribution in [0.5, 0.6) is 0 Å². The highest BCUT2D eigenvalue weighted by Crippen LogP contribution is 2.13. The average molecular weight is 953 g/mol. The van der Waals surface area contributed by atoms with Crippen LogP contribution in [0.1, 0.15) is 226 Å². The van der Waals surface area contributed by atoms with Gasteiger partial charge in [0.2, 0.25) is 0 Å². The zero-order valence-electron chi connectivity index (χ0n) is 44.3. The second-order valence-electron chi connectivity index (χ2n) is 17.7. The molecule has 0 N–H and O–H groups in total. The molecule has 0 aliphatic rings. The van der Waals surface area contributed by atoms with Crippen molar-refractivity contribution < 1.29 is 28.6 Å². The molecule has 0 aliphatic heterocycles. The number of allylic oxidation sites excluding steroid dienone is 22. The minimum absolute atomic E-state index is 0.109. The zero-order valence-corrected chi connectivity index (χ0v) is 44.3. The van der Waals surface area contributed by atoms with Crippen molar-refractivity contribution in [3.05, 3.63) is 134 Å². The van der Waals surface area contributed by atoms with Gasteiger partial charge in [-0.3, -0.25) is 14.4 Å². The van der Waals surface area contributed by atoms with Crippen LogP contribution in [0.4, 0.5) is 0 Å².